The number of hydrogen-bond donors (Lipinski definition) is 1. The van der Waals surface area contributed by atoms with E-state index in [2.05, 4.69) is 11.4 Å². The van der Waals surface area contributed by atoms with Crippen molar-refractivity contribution in [3.8, 4) is 11.8 Å². The zero-order chi connectivity index (χ0) is 14.3. The summed E-state index contributed by atoms with van der Waals surface area (Å²) in [7, 11) is 0. The number of carbonyl (C=O) groups is 1. The maximum absolute atomic E-state index is 11.7. The molecule has 0 spiro atoms. The van der Waals surface area contributed by atoms with Gasteiger partial charge in [-0.15, -0.1) is 11.8 Å². The second kappa shape index (κ2) is 7.70. The van der Waals surface area contributed by atoms with Gasteiger partial charge < -0.3 is 10.1 Å². The van der Waals surface area contributed by atoms with Crippen LogP contribution in [0.25, 0.3) is 0 Å². The number of hydrogen-bond acceptors (Lipinski definition) is 4. The first kappa shape index (κ1) is 15.4. The van der Waals surface area contributed by atoms with Crippen molar-refractivity contribution in [2.24, 2.45) is 5.92 Å². The third kappa shape index (κ3) is 5.23. The lowest BCUT2D eigenvalue weighted by molar-refractivity contribution is -0.127. The number of amides is 1. The molecule has 1 aromatic carbocycles. The van der Waals surface area contributed by atoms with Crippen molar-refractivity contribution in [3.05, 3.63) is 24.3 Å². The van der Waals surface area contributed by atoms with E-state index >= 15 is 0 Å². The van der Waals surface area contributed by atoms with Crippen LogP contribution in [0.15, 0.2) is 29.2 Å². The minimum atomic E-state index is -0.578. The number of nitrogens with zero attached hydrogens (tertiary/aromatic N) is 1. The Hall–Kier alpha value is -1.67. The second-order valence-electron chi connectivity index (χ2n) is 4.21. The zero-order valence-corrected chi connectivity index (χ0v) is 12.2. The van der Waals surface area contributed by atoms with E-state index in [1.54, 1.807) is 25.6 Å². The van der Waals surface area contributed by atoms with Crippen molar-refractivity contribution in [3.63, 3.8) is 0 Å². The molecular formula is C14H18N2O2S. The van der Waals surface area contributed by atoms with Gasteiger partial charge in [0.25, 0.3) is 5.91 Å². The lowest BCUT2D eigenvalue weighted by Crippen LogP contribution is -2.38. The van der Waals surface area contributed by atoms with Gasteiger partial charge in [-0.1, -0.05) is 0 Å². The predicted octanol–water partition coefficient (Wildman–Crippen LogP) is 2.45. The molecular weight excluding hydrogens is 260 g/mol. The molecule has 0 aliphatic carbocycles. The predicted molar refractivity (Wildman–Crippen MR) is 76.1 cm³/mol. The molecule has 5 heteroatoms. The molecule has 1 aromatic rings. The van der Waals surface area contributed by atoms with Crippen molar-refractivity contribution < 1.29 is 9.53 Å². The average molecular weight is 278 g/mol. The lowest BCUT2D eigenvalue weighted by atomic mass is 10.2. The Bertz CT molecular complexity index is 454. The van der Waals surface area contributed by atoms with Gasteiger partial charge in [-0.25, -0.2) is 0 Å². The Labute approximate surface area is 118 Å². The van der Waals surface area contributed by atoms with Crippen LogP contribution in [0, 0.1) is 17.2 Å². The summed E-state index contributed by atoms with van der Waals surface area (Å²) < 4.78 is 5.54. The second-order valence-corrected chi connectivity index (χ2v) is 5.09. The fourth-order valence-corrected chi connectivity index (χ4v) is 1.76. The first-order valence-corrected chi connectivity index (χ1v) is 7.27. The molecule has 0 aliphatic heterocycles. The minimum absolute atomic E-state index is 0.197. The fraction of sp³-hybridized carbons (Fsp3) is 0.429. The van der Waals surface area contributed by atoms with Crippen molar-refractivity contribution in [2.45, 2.75) is 24.8 Å². The van der Waals surface area contributed by atoms with Gasteiger partial charge in [-0.2, -0.15) is 5.26 Å². The maximum atomic E-state index is 11.7. The summed E-state index contributed by atoms with van der Waals surface area (Å²) in [6.07, 6.45) is 1.42. The number of nitrogens with one attached hydrogen (secondary N) is 1. The summed E-state index contributed by atoms with van der Waals surface area (Å²) in [4.78, 5) is 12.9. The van der Waals surface area contributed by atoms with E-state index in [1.807, 2.05) is 30.5 Å². The molecule has 0 radical (unpaired) electrons. The molecule has 0 unspecified atom stereocenters. The summed E-state index contributed by atoms with van der Waals surface area (Å²) >= 11 is 1.65. The third-order valence-electron chi connectivity index (χ3n) is 2.54. The Morgan fingerprint density at radius 2 is 2.05 bits per heavy atom. The molecule has 0 saturated heterocycles. The van der Waals surface area contributed by atoms with Crippen LogP contribution in [-0.4, -0.2) is 24.8 Å². The Morgan fingerprint density at radius 3 is 2.58 bits per heavy atom. The first-order valence-electron chi connectivity index (χ1n) is 6.05. The summed E-state index contributed by atoms with van der Waals surface area (Å²) in [5.41, 5.74) is 0. The SMILES string of the molecule is CSc1ccc(O[C@@H](C)C(=O)NC[C@@H](C)C#N)cc1. The van der Waals surface area contributed by atoms with E-state index < -0.39 is 6.10 Å². The number of rotatable bonds is 6. The van der Waals surface area contributed by atoms with E-state index in [4.69, 9.17) is 10.00 Å². The van der Waals surface area contributed by atoms with Crippen LogP contribution < -0.4 is 10.1 Å². The Morgan fingerprint density at radius 1 is 1.42 bits per heavy atom. The summed E-state index contributed by atoms with van der Waals surface area (Å²) in [5, 5.41) is 11.3. The van der Waals surface area contributed by atoms with Gasteiger partial charge in [-0.05, 0) is 44.4 Å². The highest BCUT2D eigenvalue weighted by molar-refractivity contribution is 7.98. The van der Waals surface area contributed by atoms with E-state index in [0.29, 0.717) is 12.3 Å². The number of carbonyl (C=O) groups excluding carboxylic acids is 1. The molecule has 0 aromatic heterocycles. The number of ether oxygens (including phenoxy) is 1. The molecule has 0 heterocycles. The van der Waals surface area contributed by atoms with Gasteiger partial charge in [-0.3, -0.25) is 4.79 Å². The number of thioether (sulfide) groups is 1. The van der Waals surface area contributed by atoms with E-state index in [9.17, 15) is 4.79 Å². The van der Waals surface area contributed by atoms with Crippen molar-refractivity contribution >= 4 is 17.7 Å². The zero-order valence-electron chi connectivity index (χ0n) is 11.3. The van der Waals surface area contributed by atoms with E-state index in [-0.39, 0.29) is 11.8 Å². The van der Waals surface area contributed by atoms with E-state index in [0.717, 1.165) is 4.90 Å². The smallest absolute Gasteiger partial charge is 0.260 e. The van der Waals surface area contributed by atoms with Gasteiger partial charge in [0, 0.05) is 11.4 Å². The highest BCUT2D eigenvalue weighted by Crippen LogP contribution is 2.19. The highest BCUT2D eigenvalue weighted by Gasteiger charge is 2.15. The number of benzene rings is 1. The van der Waals surface area contributed by atoms with Gasteiger partial charge in [0.2, 0.25) is 0 Å². The van der Waals surface area contributed by atoms with Crippen LogP contribution in [0.2, 0.25) is 0 Å². The molecule has 1 N–H and O–H groups in total. The van der Waals surface area contributed by atoms with Crippen molar-refractivity contribution in [2.75, 3.05) is 12.8 Å². The minimum Gasteiger partial charge on any atom is -0.481 e. The Kier molecular flexibility index (Phi) is 6.23. The van der Waals surface area contributed by atoms with Crippen LogP contribution in [-0.2, 0) is 4.79 Å². The standard InChI is InChI=1S/C14H18N2O2S/c1-10(8-15)9-16-14(17)11(2)18-12-4-6-13(19-3)7-5-12/h4-7,10-11H,9H2,1-3H3,(H,16,17)/t10-,11-/m0/s1. The van der Waals surface area contributed by atoms with Gasteiger partial charge in [0.05, 0.1) is 12.0 Å². The molecule has 102 valence electrons. The normalized spacial score (nSPS) is 13.2. The van der Waals surface area contributed by atoms with Crippen LogP contribution in [0.3, 0.4) is 0 Å². The van der Waals surface area contributed by atoms with Gasteiger partial charge >= 0.3 is 0 Å². The van der Waals surface area contributed by atoms with Gasteiger partial charge in [0.15, 0.2) is 6.10 Å². The average Bonchev–Trinajstić information content (AvgIpc) is 2.44. The van der Waals surface area contributed by atoms with Gasteiger partial charge in [0.1, 0.15) is 5.75 Å². The van der Waals surface area contributed by atoms with Crippen LogP contribution in [0.5, 0.6) is 5.75 Å². The molecule has 4 nitrogen and oxygen atoms in total. The molecule has 0 bridgehead atoms. The van der Waals surface area contributed by atoms with Crippen molar-refractivity contribution in [1.82, 2.24) is 5.32 Å². The summed E-state index contributed by atoms with van der Waals surface area (Å²) in [6.45, 7) is 3.79. The molecule has 0 saturated carbocycles. The first-order chi connectivity index (χ1) is 9.06. The topological polar surface area (TPSA) is 62.1 Å². The fourth-order valence-electron chi connectivity index (χ4n) is 1.35. The number of nitriles is 1. The molecule has 0 fully saturated rings. The van der Waals surface area contributed by atoms with Crippen LogP contribution in [0.1, 0.15) is 13.8 Å². The molecule has 1 rings (SSSR count). The molecule has 2 atom stereocenters. The monoisotopic (exact) mass is 278 g/mol. The largest absolute Gasteiger partial charge is 0.481 e. The summed E-state index contributed by atoms with van der Waals surface area (Å²) in [5.74, 6) is 0.252. The molecule has 19 heavy (non-hydrogen) atoms. The maximum Gasteiger partial charge on any atom is 0.260 e. The van der Waals surface area contributed by atoms with Crippen LogP contribution >= 0.6 is 11.8 Å². The Balaban J connectivity index is 2.47. The van der Waals surface area contributed by atoms with Crippen LogP contribution in [0.4, 0.5) is 0 Å². The molecule has 1 amide bonds. The van der Waals surface area contributed by atoms with E-state index in [1.165, 1.54) is 0 Å². The quantitative estimate of drug-likeness (QED) is 0.812. The third-order valence-corrected chi connectivity index (χ3v) is 3.29. The summed E-state index contributed by atoms with van der Waals surface area (Å²) in [6, 6.07) is 9.64. The lowest BCUT2D eigenvalue weighted by Gasteiger charge is -2.15. The highest BCUT2D eigenvalue weighted by atomic mass is 32.2. The van der Waals surface area contributed by atoms with Crippen molar-refractivity contribution in [1.29, 1.82) is 5.26 Å². The molecule has 0 aliphatic rings.